The zero-order valence-electron chi connectivity index (χ0n) is 12.2. The SMILES string of the molecule is CC1([C@@H](C#N)N[C@@H](CO)c2ccccc2)CCCCC1. The molecule has 0 bridgehead atoms. The van der Waals surface area contributed by atoms with Gasteiger partial charge in [-0.1, -0.05) is 56.5 Å². The average Bonchev–Trinajstić information content (AvgIpc) is 2.50. The molecule has 1 saturated carbocycles. The zero-order valence-corrected chi connectivity index (χ0v) is 12.2. The van der Waals surface area contributed by atoms with Gasteiger partial charge in [-0.25, -0.2) is 0 Å². The maximum atomic E-state index is 9.63. The summed E-state index contributed by atoms with van der Waals surface area (Å²) in [6.45, 7) is 2.21. The largest absolute Gasteiger partial charge is 0.394 e. The molecule has 0 unspecified atom stereocenters. The number of hydrogen-bond acceptors (Lipinski definition) is 3. The minimum absolute atomic E-state index is 0.0122. The predicted octanol–water partition coefficient (Wildman–Crippen LogP) is 3.17. The van der Waals surface area contributed by atoms with Crippen LogP contribution in [0.5, 0.6) is 0 Å². The fourth-order valence-electron chi connectivity index (χ4n) is 3.18. The van der Waals surface area contributed by atoms with Crippen molar-refractivity contribution in [1.29, 1.82) is 5.26 Å². The second-order valence-corrected chi connectivity index (χ2v) is 6.09. The van der Waals surface area contributed by atoms with Crippen LogP contribution in [0.4, 0.5) is 0 Å². The molecule has 0 radical (unpaired) electrons. The van der Waals surface area contributed by atoms with Gasteiger partial charge in [0.05, 0.1) is 18.7 Å². The summed E-state index contributed by atoms with van der Waals surface area (Å²) in [5.41, 5.74) is 1.06. The van der Waals surface area contributed by atoms with Crippen LogP contribution in [0.3, 0.4) is 0 Å². The molecular formula is C17H24N2O. The molecule has 3 nitrogen and oxygen atoms in total. The van der Waals surface area contributed by atoms with Gasteiger partial charge < -0.3 is 5.11 Å². The molecule has 1 aliphatic carbocycles. The van der Waals surface area contributed by atoms with Crippen molar-refractivity contribution in [2.45, 2.75) is 51.1 Å². The van der Waals surface area contributed by atoms with E-state index in [1.807, 2.05) is 30.3 Å². The molecule has 108 valence electrons. The number of aliphatic hydroxyl groups excluding tert-OH is 1. The lowest BCUT2D eigenvalue weighted by molar-refractivity contribution is 0.148. The van der Waals surface area contributed by atoms with Gasteiger partial charge in [0.25, 0.3) is 0 Å². The third-order valence-electron chi connectivity index (χ3n) is 4.57. The fourth-order valence-corrected chi connectivity index (χ4v) is 3.18. The topological polar surface area (TPSA) is 56.0 Å². The molecular weight excluding hydrogens is 248 g/mol. The molecule has 2 atom stereocenters. The number of nitrogens with zero attached hydrogens (tertiary/aromatic N) is 1. The number of aliphatic hydroxyl groups is 1. The fraction of sp³-hybridized carbons (Fsp3) is 0.588. The Labute approximate surface area is 121 Å². The molecule has 2 rings (SSSR count). The van der Waals surface area contributed by atoms with Crippen molar-refractivity contribution >= 4 is 0 Å². The third-order valence-corrected chi connectivity index (χ3v) is 4.57. The molecule has 1 aliphatic rings. The minimum Gasteiger partial charge on any atom is -0.394 e. The predicted molar refractivity (Wildman–Crippen MR) is 80.0 cm³/mol. The van der Waals surface area contributed by atoms with Crippen LogP contribution in [0.2, 0.25) is 0 Å². The van der Waals surface area contributed by atoms with E-state index in [9.17, 15) is 10.4 Å². The van der Waals surface area contributed by atoms with Crippen molar-refractivity contribution < 1.29 is 5.11 Å². The third kappa shape index (κ3) is 3.39. The highest BCUT2D eigenvalue weighted by atomic mass is 16.3. The van der Waals surface area contributed by atoms with Gasteiger partial charge in [-0.15, -0.1) is 0 Å². The molecule has 1 aromatic rings. The maximum absolute atomic E-state index is 9.63. The lowest BCUT2D eigenvalue weighted by Gasteiger charge is -2.39. The highest BCUT2D eigenvalue weighted by Gasteiger charge is 2.36. The van der Waals surface area contributed by atoms with Crippen LogP contribution in [0.15, 0.2) is 30.3 Å². The summed E-state index contributed by atoms with van der Waals surface area (Å²) in [5.74, 6) is 0. The van der Waals surface area contributed by atoms with E-state index >= 15 is 0 Å². The van der Waals surface area contributed by atoms with Gasteiger partial charge in [0.2, 0.25) is 0 Å². The lowest BCUT2D eigenvalue weighted by Crippen LogP contribution is -2.46. The van der Waals surface area contributed by atoms with Crippen LogP contribution in [0.25, 0.3) is 0 Å². The van der Waals surface area contributed by atoms with Crippen LogP contribution in [-0.4, -0.2) is 17.8 Å². The molecule has 2 N–H and O–H groups in total. The number of nitrogens with one attached hydrogen (secondary N) is 1. The Morgan fingerprint density at radius 3 is 2.45 bits per heavy atom. The van der Waals surface area contributed by atoms with Gasteiger partial charge in [-0.05, 0) is 23.8 Å². The Morgan fingerprint density at radius 2 is 1.90 bits per heavy atom. The first-order valence-electron chi connectivity index (χ1n) is 7.51. The van der Waals surface area contributed by atoms with Crippen molar-refractivity contribution in [1.82, 2.24) is 5.32 Å². The van der Waals surface area contributed by atoms with E-state index < -0.39 is 0 Å². The summed E-state index contributed by atoms with van der Waals surface area (Å²) < 4.78 is 0. The lowest BCUT2D eigenvalue weighted by atomic mass is 9.70. The van der Waals surface area contributed by atoms with E-state index in [4.69, 9.17) is 0 Å². The van der Waals surface area contributed by atoms with Crippen molar-refractivity contribution in [3.8, 4) is 6.07 Å². The van der Waals surface area contributed by atoms with Gasteiger partial charge in [-0.2, -0.15) is 5.26 Å². The van der Waals surface area contributed by atoms with Crippen LogP contribution < -0.4 is 5.32 Å². The molecule has 0 aromatic heterocycles. The first kappa shape index (κ1) is 15.0. The molecule has 3 heteroatoms. The Bertz CT molecular complexity index is 446. The summed E-state index contributed by atoms with van der Waals surface area (Å²) in [6.07, 6.45) is 5.85. The zero-order chi connectivity index (χ0) is 14.4. The number of hydrogen-bond donors (Lipinski definition) is 2. The van der Waals surface area contributed by atoms with Crippen molar-refractivity contribution in [3.05, 3.63) is 35.9 Å². The summed E-state index contributed by atoms with van der Waals surface area (Å²) in [7, 11) is 0. The number of benzene rings is 1. The summed E-state index contributed by atoms with van der Waals surface area (Å²) >= 11 is 0. The van der Waals surface area contributed by atoms with Crippen molar-refractivity contribution in [2.24, 2.45) is 5.41 Å². The van der Waals surface area contributed by atoms with E-state index in [2.05, 4.69) is 18.3 Å². The normalized spacial score (nSPS) is 20.9. The summed E-state index contributed by atoms with van der Waals surface area (Å²) in [4.78, 5) is 0. The molecule has 0 amide bonds. The monoisotopic (exact) mass is 272 g/mol. The Balaban J connectivity index is 2.10. The smallest absolute Gasteiger partial charge is 0.101 e. The molecule has 1 aromatic carbocycles. The number of rotatable bonds is 5. The highest BCUT2D eigenvalue weighted by Crippen LogP contribution is 2.39. The van der Waals surface area contributed by atoms with Gasteiger partial charge in [0, 0.05) is 0 Å². The second kappa shape index (κ2) is 6.88. The molecule has 20 heavy (non-hydrogen) atoms. The van der Waals surface area contributed by atoms with Crippen molar-refractivity contribution in [2.75, 3.05) is 6.61 Å². The Kier molecular flexibility index (Phi) is 5.17. The van der Waals surface area contributed by atoms with E-state index in [1.54, 1.807) is 0 Å². The van der Waals surface area contributed by atoms with Gasteiger partial charge in [0.1, 0.15) is 6.04 Å². The Morgan fingerprint density at radius 1 is 1.25 bits per heavy atom. The molecule has 0 spiro atoms. The quantitative estimate of drug-likeness (QED) is 0.865. The first-order valence-corrected chi connectivity index (χ1v) is 7.51. The van der Waals surface area contributed by atoms with Gasteiger partial charge >= 0.3 is 0 Å². The Hall–Kier alpha value is -1.37. The molecule has 0 aliphatic heterocycles. The molecule has 0 saturated heterocycles. The van der Waals surface area contributed by atoms with Crippen molar-refractivity contribution in [3.63, 3.8) is 0 Å². The standard InChI is InChI=1S/C17H24N2O/c1-17(10-6-3-7-11-17)16(12-18)19-15(13-20)14-8-4-2-5-9-14/h2,4-5,8-9,15-16,19-20H,3,6-7,10-11,13H2,1H3/t15-,16+/m0/s1. The first-order chi connectivity index (χ1) is 9.69. The molecule has 1 fully saturated rings. The highest BCUT2D eigenvalue weighted by molar-refractivity contribution is 5.20. The number of nitriles is 1. The van der Waals surface area contributed by atoms with E-state index in [-0.39, 0.29) is 24.1 Å². The van der Waals surface area contributed by atoms with E-state index in [0.29, 0.717) is 0 Å². The van der Waals surface area contributed by atoms with Crippen LogP contribution in [0, 0.1) is 16.7 Å². The van der Waals surface area contributed by atoms with Gasteiger partial charge in [0.15, 0.2) is 0 Å². The summed E-state index contributed by atoms with van der Waals surface area (Å²) in [6, 6.07) is 11.9. The van der Waals surface area contributed by atoms with Crippen LogP contribution in [-0.2, 0) is 0 Å². The maximum Gasteiger partial charge on any atom is 0.101 e. The van der Waals surface area contributed by atoms with E-state index in [0.717, 1.165) is 18.4 Å². The van der Waals surface area contributed by atoms with Gasteiger partial charge in [-0.3, -0.25) is 5.32 Å². The molecule has 0 heterocycles. The van der Waals surface area contributed by atoms with Crippen LogP contribution in [0.1, 0.15) is 50.6 Å². The second-order valence-electron chi connectivity index (χ2n) is 6.09. The van der Waals surface area contributed by atoms with E-state index in [1.165, 1.54) is 19.3 Å². The summed E-state index contributed by atoms with van der Waals surface area (Å²) in [5, 5.41) is 22.5. The average molecular weight is 272 g/mol. The minimum atomic E-state index is -0.208. The van der Waals surface area contributed by atoms with Crippen LogP contribution >= 0.6 is 0 Å².